The lowest BCUT2D eigenvalue weighted by Gasteiger charge is -2.43. The van der Waals surface area contributed by atoms with Crippen LogP contribution in [0.3, 0.4) is 0 Å². The molecule has 6 heteroatoms. The van der Waals surface area contributed by atoms with Gasteiger partial charge in [0.2, 0.25) is 11.8 Å². The molecule has 0 aromatic rings. The summed E-state index contributed by atoms with van der Waals surface area (Å²) in [4.78, 5) is 27.5. The molecule has 0 radical (unpaired) electrons. The van der Waals surface area contributed by atoms with E-state index in [1.165, 1.54) is 0 Å². The molecule has 1 aliphatic heterocycles. The Morgan fingerprint density at radius 2 is 1.35 bits per heavy atom. The second-order valence-corrected chi connectivity index (χ2v) is 7.27. The van der Waals surface area contributed by atoms with Crippen molar-refractivity contribution in [3.8, 4) is 0 Å². The molecule has 4 nitrogen and oxygen atoms in total. The molecular formula is C14H24Cl2N2O2. The van der Waals surface area contributed by atoms with Crippen LogP contribution >= 0.6 is 23.2 Å². The lowest BCUT2D eigenvalue weighted by atomic mass is 9.93. The molecule has 0 spiro atoms. The fourth-order valence-electron chi connectivity index (χ4n) is 2.53. The number of alkyl halides is 2. The smallest absolute Gasteiger partial charge is 0.245 e. The molecule has 0 unspecified atom stereocenters. The van der Waals surface area contributed by atoms with Gasteiger partial charge in [-0.25, -0.2) is 0 Å². The molecule has 2 amide bonds. The van der Waals surface area contributed by atoms with Crippen LogP contribution in [0.15, 0.2) is 0 Å². The summed E-state index contributed by atoms with van der Waals surface area (Å²) in [7, 11) is 3.40. The summed E-state index contributed by atoms with van der Waals surface area (Å²) >= 11 is 11.7. The van der Waals surface area contributed by atoms with Crippen molar-refractivity contribution >= 4 is 35.0 Å². The van der Waals surface area contributed by atoms with E-state index in [2.05, 4.69) is 0 Å². The molecule has 20 heavy (non-hydrogen) atoms. The number of amides is 2. The lowest BCUT2D eigenvalue weighted by molar-refractivity contribution is -0.159. The number of hydrogen-bond donors (Lipinski definition) is 0. The quantitative estimate of drug-likeness (QED) is 0.730. The molecule has 0 saturated carbocycles. The van der Waals surface area contributed by atoms with Crippen molar-refractivity contribution in [1.82, 2.24) is 9.80 Å². The molecule has 1 fully saturated rings. The van der Waals surface area contributed by atoms with Gasteiger partial charge in [0.1, 0.15) is 16.9 Å². The molecule has 116 valence electrons. The topological polar surface area (TPSA) is 40.6 Å². The molecule has 1 rings (SSSR count). The predicted octanol–water partition coefficient (Wildman–Crippen LogP) is 2.53. The van der Waals surface area contributed by atoms with Crippen molar-refractivity contribution in [2.24, 2.45) is 11.8 Å². The van der Waals surface area contributed by atoms with Gasteiger partial charge < -0.3 is 9.80 Å². The molecule has 3 atom stereocenters. The third kappa shape index (κ3) is 3.79. The number of carbonyl (C=O) groups is 2. The van der Waals surface area contributed by atoms with Crippen molar-refractivity contribution in [1.29, 1.82) is 0 Å². The molecular weight excluding hydrogens is 299 g/mol. The van der Waals surface area contributed by atoms with Crippen LogP contribution in [-0.2, 0) is 9.59 Å². The van der Waals surface area contributed by atoms with Gasteiger partial charge in [0.05, 0.1) is 0 Å². The van der Waals surface area contributed by atoms with E-state index in [4.69, 9.17) is 23.2 Å². The first-order valence-corrected chi connectivity index (χ1v) is 7.85. The maximum absolute atomic E-state index is 12.5. The Morgan fingerprint density at radius 3 is 1.70 bits per heavy atom. The number of piperazine rings is 1. The Balaban J connectivity index is 2.87. The molecule has 0 aliphatic carbocycles. The van der Waals surface area contributed by atoms with E-state index in [1.54, 1.807) is 23.9 Å². The van der Waals surface area contributed by atoms with Gasteiger partial charge in [-0.2, -0.15) is 0 Å². The Hall–Kier alpha value is -0.480. The Bertz CT molecular complexity index is 374. The Labute approximate surface area is 131 Å². The van der Waals surface area contributed by atoms with Crippen molar-refractivity contribution < 1.29 is 9.59 Å². The van der Waals surface area contributed by atoms with E-state index in [-0.39, 0.29) is 23.8 Å². The number of likely N-dealkylation sites (N-methyl/N-ethyl adjacent to an activating group) is 2. The number of nitrogens with zero attached hydrogens (tertiary/aromatic N) is 2. The highest BCUT2D eigenvalue weighted by Gasteiger charge is 2.43. The summed E-state index contributed by atoms with van der Waals surface area (Å²) in [6.07, 6.45) is 1.17. The minimum atomic E-state index is -0.537. The predicted molar refractivity (Wildman–Crippen MR) is 81.8 cm³/mol. The third-order valence-electron chi connectivity index (χ3n) is 3.92. The number of rotatable bonds is 5. The normalized spacial score (nSPS) is 25.9. The zero-order chi connectivity index (χ0) is 15.6. The summed E-state index contributed by atoms with van der Waals surface area (Å²) in [5.74, 6) is 0.285. The second-order valence-electron chi connectivity index (χ2n) is 6.11. The zero-order valence-corrected chi connectivity index (χ0v) is 14.3. The van der Waals surface area contributed by atoms with Crippen LogP contribution in [-0.4, -0.2) is 52.6 Å². The van der Waals surface area contributed by atoms with Gasteiger partial charge in [-0.15, -0.1) is 23.2 Å². The van der Waals surface area contributed by atoms with E-state index in [9.17, 15) is 9.59 Å². The number of halogens is 2. The summed E-state index contributed by atoms with van der Waals surface area (Å²) in [6.45, 7) is 5.98. The largest absolute Gasteiger partial charge is 0.332 e. The highest BCUT2D eigenvalue weighted by Crippen LogP contribution is 2.27. The van der Waals surface area contributed by atoms with Gasteiger partial charge in [0, 0.05) is 14.1 Å². The van der Waals surface area contributed by atoms with Gasteiger partial charge in [0.15, 0.2) is 0 Å². The lowest BCUT2D eigenvalue weighted by Crippen LogP contribution is -2.62. The first kappa shape index (κ1) is 17.6. The number of hydrogen-bond acceptors (Lipinski definition) is 2. The van der Waals surface area contributed by atoms with E-state index in [1.807, 2.05) is 20.8 Å². The van der Waals surface area contributed by atoms with Crippen LogP contribution in [0.2, 0.25) is 0 Å². The van der Waals surface area contributed by atoms with E-state index in [0.29, 0.717) is 18.8 Å². The van der Waals surface area contributed by atoms with Crippen molar-refractivity contribution in [2.75, 3.05) is 14.1 Å². The minimum Gasteiger partial charge on any atom is -0.332 e. The first-order chi connectivity index (χ1) is 9.16. The molecule has 0 bridgehead atoms. The summed E-state index contributed by atoms with van der Waals surface area (Å²) in [6, 6.07) is -0.826. The first-order valence-electron chi connectivity index (χ1n) is 6.98. The molecule has 0 aromatic heterocycles. The van der Waals surface area contributed by atoms with Crippen LogP contribution in [0.25, 0.3) is 0 Å². The third-order valence-corrected chi connectivity index (χ3v) is 4.78. The van der Waals surface area contributed by atoms with Gasteiger partial charge in [-0.1, -0.05) is 20.8 Å². The van der Waals surface area contributed by atoms with Crippen molar-refractivity contribution in [2.45, 2.75) is 50.5 Å². The minimum absolute atomic E-state index is 0.00121. The Kier molecular flexibility index (Phi) is 6.14. The van der Waals surface area contributed by atoms with Crippen LogP contribution in [0.5, 0.6) is 0 Å². The fourth-order valence-corrected chi connectivity index (χ4v) is 2.73. The molecule has 1 heterocycles. The van der Waals surface area contributed by atoms with Gasteiger partial charge in [-0.05, 0) is 24.7 Å². The Morgan fingerprint density at radius 1 is 0.950 bits per heavy atom. The average Bonchev–Trinajstić information content (AvgIpc) is 2.36. The van der Waals surface area contributed by atoms with Crippen molar-refractivity contribution in [3.63, 3.8) is 0 Å². The van der Waals surface area contributed by atoms with Crippen LogP contribution in [0.4, 0.5) is 0 Å². The zero-order valence-electron chi connectivity index (χ0n) is 12.8. The van der Waals surface area contributed by atoms with Gasteiger partial charge >= 0.3 is 0 Å². The standard InChI is InChI=1S/C14H24Cl2N2O2/c1-8(2)6-10-13(19)18(5)11(14(20)17(10)4)7-9(3)12(15)16/h8-12H,6-7H2,1-5H3/t9-,10-,11-/m0/s1. The average molecular weight is 323 g/mol. The van der Waals surface area contributed by atoms with Gasteiger partial charge in [0.25, 0.3) is 0 Å². The van der Waals surface area contributed by atoms with E-state index >= 15 is 0 Å². The second kappa shape index (κ2) is 6.99. The monoisotopic (exact) mass is 322 g/mol. The van der Waals surface area contributed by atoms with Crippen LogP contribution in [0, 0.1) is 11.8 Å². The number of carbonyl (C=O) groups excluding carboxylic acids is 2. The maximum atomic E-state index is 12.5. The van der Waals surface area contributed by atoms with Crippen LogP contribution < -0.4 is 0 Å². The van der Waals surface area contributed by atoms with Crippen LogP contribution in [0.1, 0.15) is 33.6 Å². The SMILES string of the molecule is CC(C)C[C@H]1C(=O)N(C)[C@@H](C[C@H](C)C(Cl)Cl)C(=O)N1C. The van der Waals surface area contributed by atoms with Gasteiger partial charge in [-0.3, -0.25) is 9.59 Å². The van der Waals surface area contributed by atoms with Crippen molar-refractivity contribution in [3.05, 3.63) is 0 Å². The summed E-state index contributed by atoms with van der Waals surface area (Å²) in [5, 5.41) is 0. The molecule has 0 N–H and O–H groups in total. The fraction of sp³-hybridized carbons (Fsp3) is 0.857. The summed E-state index contributed by atoms with van der Waals surface area (Å²) < 4.78 is 0. The molecule has 1 saturated heterocycles. The van der Waals surface area contributed by atoms with E-state index < -0.39 is 10.9 Å². The highest BCUT2D eigenvalue weighted by atomic mass is 35.5. The molecule has 0 aromatic carbocycles. The van der Waals surface area contributed by atoms with E-state index in [0.717, 1.165) is 0 Å². The summed E-state index contributed by atoms with van der Waals surface area (Å²) in [5.41, 5.74) is 0. The maximum Gasteiger partial charge on any atom is 0.245 e. The molecule has 1 aliphatic rings. The highest BCUT2D eigenvalue weighted by molar-refractivity contribution is 6.44.